The van der Waals surface area contributed by atoms with Crippen LogP contribution in [0.25, 0.3) is 0 Å². The molecule has 1 unspecified atom stereocenters. The average molecular weight is 263 g/mol. The summed E-state index contributed by atoms with van der Waals surface area (Å²) in [6.45, 7) is 6.87. The number of rotatable bonds is 5. The standard InChI is InChI=1S/C15H25N3O/c1-10(2)14(18(4)5)9-17-15(19)12-7-6-11(3)13(16)8-12/h6-8,10,14H,9,16H2,1-5H3,(H,17,19). The normalized spacial score (nSPS) is 12.8. The molecule has 0 spiro atoms. The molecule has 0 fully saturated rings. The summed E-state index contributed by atoms with van der Waals surface area (Å²) in [6, 6.07) is 5.73. The fraction of sp³-hybridized carbons (Fsp3) is 0.533. The van der Waals surface area contributed by atoms with Gasteiger partial charge in [-0.15, -0.1) is 0 Å². The van der Waals surface area contributed by atoms with Gasteiger partial charge in [0.05, 0.1) is 0 Å². The average Bonchev–Trinajstić information content (AvgIpc) is 2.31. The van der Waals surface area contributed by atoms with Crippen molar-refractivity contribution in [2.24, 2.45) is 5.92 Å². The van der Waals surface area contributed by atoms with Gasteiger partial charge in [-0.1, -0.05) is 19.9 Å². The van der Waals surface area contributed by atoms with Crippen molar-refractivity contribution in [3.63, 3.8) is 0 Å². The quantitative estimate of drug-likeness (QED) is 0.798. The number of carbonyl (C=O) groups is 1. The minimum absolute atomic E-state index is 0.0702. The van der Waals surface area contributed by atoms with E-state index in [9.17, 15) is 4.79 Å². The largest absolute Gasteiger partial charge is 0.398 e. The van der Waals surface area contributed by atoms with Gasteiger partial charge in [0.15, 0.2) is 0 Å². The Hall–Kier alpha value is -1.55. The lowest BCUT2D eigenvalue weighted by Crippen LogP contribution is -2.43. The Balaban J connectivity index is 2.66. The molecule has 106 valence electrons. The van der Waals surface area contributed by atoms with Crippen LogP contribution in [0.1, 0.15) is 29.8 Å². The Kier molecular flexibility index (Phi) is 5.36. The lowest BCUT2D eigenvalue weighted by atomic mass is 10.0. The molecule has 0 heterocycles. The summed E-state index contributed by atoms with van der Waals surface area (Å²) in [6.07, 6.45) is 0. The lowest BCUT2D eigenvalue weighted by Gasteiger charge is -2.28. The second-order valence-corrected chi connectivity index (χ2v) is 5.56. The number of likely N-dealkylation sites (N-methyl/N-ethyl adjacent to an activating group) is 1. The summed E-state index contributed by atoms with van der Waals surface area (Å²) in [4.78, 5) is 14.2. The topological polar surface area (TPSA) is 58.4 Å². The zero-order valence-electron chi connectivity index (χ0n) is 12.5. The van der Waals surface area contributed by atoms with E-state index in [-0.39, 0.29) is 5.91 Å². The minimum atomic E-state index is -0.0702. The molecular weight excluding hydrogens is 238 g/mol. The Labute approximate surface area is 116 Å². The lowest BCUT2D eigenvalue weighted by molar-refractivity contribution is 0.0934. The van der Waals surface area contributed by atoms with E-state index in [0.29, 0.717) is 29.8 Å². The minimum Gasteiger partial charge on any atom is -0.398 e. The smallest absolute Gasteiger partial charge is 0.251 e. The number of amides is 1. The number of nitrogen functional groups attached to an aromatic ring is 1. The predicted octanol–water partition coefficient (Wildman–Crippen LogP) is 1.89. The van der Waals surface area contributed by atoms with Crippen molar-refractivity contribution < 1.29 is 4.79 Å². The van der Waals surface area contributed by atoms with Crippen LogP contribution in [0.4, 0.5) is 5.69 Å². The van der Waals surface area contributed by atoms with Crippen LogP contribution < -0.4 is 11.1 Å². The van der Waals surface area contributed by atoms with Gasteiger partial charge in [0.2, 0.25) is 0 Å². The summed E-state index contributed by atoms with van der Waals surface area (Å²) in [5.41, 5.74) is 8.08. The number of hydrogen-bond acceptors (Lipinski definition) is 3. The van der Waals surface area contributed by atoms with Gasteiger partial charge in [-0.05, 0) is 44.6 Å². The van der Waals surface area contributed by atoms with E-state index in [4.69, 9.17) is 5.73 Å². The molecule has 0 aliphatic heterocycles. The van der Waals surface area contributed by atoms with Crippen LogP contribution in [-0.4, -0.2) is 37.5 Å². The SMILES string of the molecule is Cc1ccc(C(=O)NCC(C(C)C)N(C)C)cc1N. The van der Waals surface area contributed by atoms with Crippen LogP contribution in [0.5, 0.6) is 0 Å². The van der Waals surface area contributed by atoms with E-state index >= 15 is 0 Å². The number of nitrogens with zero attached hydrogens (tertiary/aromatic N) is 1. The van der Waals surface area contributed by atoms with E-state index in [2.05, 4.69) is 24.1 Å². The third-order valence-electron chi connectivity index (χ3n) is 3.45. The summed E-state index contributed by atoms with van der Waals surface area (Å²) >= 11 is 0. The molecule has 19 heavy (non-hydrogen) atoms. The molecule has 1 aromatic rings. The van der Waals surface area contributed by atoms with Crippen LogP contribution in [0.3, 0.4) is 0 Å². The highest BCUT2D eigenvalue weighted by Crippen LogP contribution is 2.13. The zero-order valence-corrected chi connectivity index (χ0v) is 12.5. The molecule has 1 amide bonds. The molecule has 4 heteroatoms. The van der Waals surface area contributed by atoms with Gasteiger partial charge >= 0.3 is 0 Å². The Morgan fingerprint density at radius 1 is 1.37 bits per heavy atom. The highest BCUT2D eigenvalue weighted by atomic mass is 16.1. The second-order valence-electron chi connectivity index (χ2n) is 5.56. The van der Waals surface area contributed by atoms with Crippen LogP contribution in [0.15, 0.2) is 18.2 Å². The van der Waals surface area contributed by atoms with Crippen molar-refractivity contribution in [1.82, 2.24) is 10.2 Å². The maximum atomic E-state index is 12.1. The number of aryl methyl sites for hydroxylation is 1. The zero-order chi connectivity index (χ0) is 14.6. The number of hydrogen-bond donors (Lipinski definition) is 2. The van der Waals surface area contributed by atoms with Gasteiger partial charge in [0, 0.05) is 23.8 Å². The molecule has 1 rings (SSSR count). The monoisotopic (exact) mass is 263 g/mol. The number of nitrogens with two attached hydrogens (primary N) is 1. The van der Waals surface area contributed by atoms with Crippen molar-refractivity contribution in [3.05, 3.63) is 29.3 Å². The first-order valence-corrected chi connectivity index (χ1v) is 6.63. The van der Waals surface area contributed by atoms with Gasteiger partial charge < -0.3 is 16.0 Å². The third kappa shape index (κ3) is 4.24. The van der Waals surface area contributed by atoms with Crippen molar-refractivity contribution in [1.29, 1.82) is 0 Å². The number of anilines is 1. The highest BCUT2D eigenvalue weighted by Gasteiger charge is 2.17. The molecular formula is C15H25N3O. The molecule has 0 saturated heterocycles. The molecule has 0 bridgehead atoms. The summed E-state index contributed by atoms with van der Waals surface area (Å²) in [7, 11) is 4.06. The van der Waals surface area contributed by atoms with Crippen molar-refractivity contribution in [2.45, 2.75) is 26.8 Å². The summed E-state index contributed by atoms with van der Waals surface area (Å²) in [5, 5.41) is 2.97. The fourth-order valence-electron chi connectivity index (χ4n) is 2.10. The van der Waals surface area contributed by atoms with Crippen molar-refractivity contribution >= 4 is 11.6 Å². The van der Waals surface area contributed by atoms with Gasteiger partial charge in [-0.3, -0.25) is 4.79 Å². The molecule has 0 radical (unpaired) electrons. The van der Waals surface area contributed by atoms with Crippen LogP contribution in [0, 0.1) is 12.8 Å². The van der Waals surface area contributed by atoms with Crippen LogP contribution >= 0.6 is 0 Å². The van der Waals surface area contributed by atoms with E-state index in [1.807, 2.05) is 27.1 Å². The second kappa shape index (κ2) is 6.57. The Morgan fingerprint density at radius 3 is 2.47 bits per heavy atom. The van der Waals surface area contributed by atoms with Crippen LogP contribution in [-0.2, 0) is 0 Å². The van der Waals surface area contributed by atoms with Crippen LogP contribution in [0.2, 0.25) is 0 Å². The van der Waals surface area contributed by atoms with E-state index in [1.54, 1.807) is 12.1 Å². The molecule has 3 N–H and O–H groups in total. The predicted molar refractivity (Wildman–Crippen MR) is 80.2 cm³/mol. The summed E-state index contributed by atoms with van der Waals surface area (Å²) < 4.78 is 0. The van der Waals surface area contributed by atoms with Crippen molar-refractivity contribution in [2.75, 3.05) is 26.4 Å². The van der Waals surface area contributed by atoms with Gasteiger partial charge in [0.25, 0.3) is 5.91 Å². The molecule has 4 nitrogen and oxygen atoms in total. The molecule has 1 aromatic carbocycles. The molecule has 1 atom stereocenters. The summed E-state index contributed by atoms with van der Waals surface area (Å²) in [5.74, 6) is 0.414. The third-order valence-corrected chi connectivity index (χ3v) is 3.45. The van der Waals surface area contributed by atoms with E-state index in [0.717, 1.165) is 5.56 Å². The fourth-order valence-corrected chi connectivity index (χ4v) is 2.10. The molecule has 0 saturated carbocycles. The number of nitrogens with one attached hydrogen (secondary N) is 1. The molecule has 0 aliphatic carbocycles. The Bertz CT molecular complexity index is 433. The van der Waals surface area contributed by atoms with Gasteiger partial charge in [-0.25, -0.2) is 0 Å². The maximum absolute atomic E-state index is 12.1. The molecule has 0 aliphatic rings. The Morgan fingerprint density at radius 2 is 2.00 bits per heavy atom. The number of benzene rings is 1. The van der Waals surface area contributed by atoms with Crippen molar-refractivity contribution in [3.8, 4) is 0 Å². The van der Waals surface area contributed by atoms with E-state index in [1.165, 1.54) is 0 Å². The van der Waals surface area contributed by atoms with Gasteiger partial charge in [0.1, 0.15) is 0 Å². The first-order chi connectivity index (χ1) is 8.82. The number of carbonyl (C=O) groups excluding carboxylic acids is 1. The highest BCUT2D eigenvalue weighted by molar-refractivity contribution is 5.95. The van der Waals surface area contributed by atoms with E-state index < -0.39 is 0 Å². The first-order valence-electron chi connectivity index (χ1n) is 6.63. The maximum Gasteiger partial charge on any atom is 0.251 e. The molecule has 0 aromatic heterocycles. The first kappa shape index (κ1) is 15.5. The van der Waals surface area contributed by atoms with Gasteiger partial charge in [-0.2, -0.15) is 0 Å².